The van der Waals surface area contributed by atoms with Crippen LogP contribution in [0.2, 0.25) is 0 Å². The Kier molecular flexibility index (Phi) is 5.66. The first-order valence-electron chi connectivity index (χ1n) is 8.67. The number of nitrogens with zero attached hydrogens (tertiary/aromatic N) is 2. The number of benzene rings is 1. The second kappa shape index (κ2) is 8.31. The van der Waals surface area contributed by atoms with Crippen molar-refractivity contribution in [2.24, 2.45) is 10.7 Å². The Labute approximate surface area is 158 Å². The fraction of sp³-hybridized carbons (Fsp3) is 0.190. The molecule has 1 aliphatic rings. The van der Waals surface area contributed by atoms with Gasteiger partial charge in [0.25, 0.3) is 0 Å². The summed E-state index contributed by atoms with van der Waals surface area (Å²) in [6.45, 7) is 6.72. The molecule has 27 heavy (non-hydrogen) atoms. The van der Waals surface area contributed by atoms with E-state index in [2.05, 4.69) is 21.9 Å². The number of aromatic nitrogens is 1. The van der Waals surface area contributed by atoms with Gasteiger partial charge in [-0.25, -0.2) is 9.98 Å². The van der Waals surface area contributed by atoms with Crippen LogP contribution in [-0.2, 0) is 13.0 Å². The highest BCUT2D eigenvalue weighted by atomic mass is 16.5. The van der Waals surface area contributed by atoms with Crippen LogP contribution in [-0.4, -0.2) is 24.1 Å². The van der Waals surface area contributed by atoms with Gasteiger partial charge in [0.15, 0.2) is 0 Å². The maximum Gasteiger partial charge on any atom is 0.150 e. The molecule has 0 amide bonds. The molecule has 0 fully saturated rings. The van der Waals surface area contributed by atoms with E-state index in [1.54, 1.807) is 18.5 Å². The number of allylic oxidation sites excluding steroid dienone is 2. The number of nitrogens with one attached hydrogen (secondary N) is 1. The first kappa shape index (κ1) is 18.4. The van der Waals surface area contributed by atoms with Crippen LogP contribution in [0.1, 0.15) is 34.0 Å². The van der Waals surface area contributed by atoms with Crippen LogP contribution in [0.5, 0.6) is 5.75 Å². The van der Waals surface area contributed by atoms with E-state index >= 15 is 0 Å². The summed E-state index contributed by atoms with van der Waals surface area (Å²) in [5.74, 6) is 1.92. The molecular formula is C21H22N4O2. The van der Waals surface area contributed by atoms with Crippen molar-refractivity contribution in [2.45, 2.75) is 19.9 Å². The van der Waals surface area contributed by atoms with Crippen LogP contribution in [0.4, 0.5) is 5.82 Å². The molecule has 6 heteroatoms. The van der Waals surface area contributed by atoms with Crippen molar-refractivity contribution >= 4 is 23.9 Å². The molecule has 0 saturated carbocycles. The van der Waals surface area contributed by atoms with Crippen molar-refractivity contribution in [1.29, 1.82) is 0 Å². The number of anilines is 1. The molecule has 0 saturated heterocycles. The van der Waals surface area contributed by atoms with Gasteiger partial charge in [0.1, 0.15) is 23.7 Å². The lowest BCUT2D eigenvalue weighted by Crippen LogP contribution is -2.05. The first-order chi connectivity index (χ1) is 13.1. The zero-order valence-electron chi connectivity index (χ0n) is 15.2. The monoisotopic (exact) mass is 362 g/mol. The highest BCUT2D eigenvalue weighted by Gasteiger charge is 2.22. The largest absolute Gasteiger partial charge is 0.492 e. The normalized spacial score (nSPS) is 13.3. The molecule has 3 rings (SSSR count). The molecule has 1 aliphatic heterocycles. The van der Waals surface area contributed by atoms with Crippen LogP contribution < -0.4 is 15.8 Å². The maximum absolute atomic E-state index is 10.9. The molecule has 6 nitrogen and oxygen atoms in total. The summed E-state index contributed by atoms with van der Waals surface area (Å²) in [7, 11) is 0. The number of rotatable bonds is 7. The van der Waals surface area contributed by atoms with Crippen molar-refractivity contribution in [2.75, 3.05) is 11.9 Å². The van der Waals surface area contributed by atoms with Crippen molar-refractivity contribution in [3.8, 4) is 5.75 Å². The average molecular weight is 362 g/mol. The van der Waals surface area contributed by atoms with E-state index in [1.165, 1.54) is 0 Å². The summed E-state index contributed by atoms with van der Waals surface area (Å²) >= 11 is 0. The van der Waals surface area contributed by atoms with Gasteiger partial charge in [0.05, 0.1) is 6.61 Å². The molecule has 0 spiro atoms. The third kappa shape index (κ3) is 4.41. The number of aliphatic imine (C=N–C) groups is 1. The number of carbonyl (C=O) groups excluding carboxylic acids is 1. The average Bonchev–Trinajstić information content (AvgIpc) is 3.16. The second-order valence-corrected chi connectivity index (χ2v) is 6.26. The minimum Gasteiger partial charge on any atom is -0.492 e. The van der Waals surface area contributed by atoms with E-state index < -0.39 is 0 Å². The lowest BCUT2D eigenvalue weighted by atomic mass is 10.0. The van der Waals surface area contributed by atoms with Crippen LogP contribution in [0.25, 0.3) is 5.57 Å². The van der Waals surface area contributed by atoms with Crippen molar-refractivity contribution in [1.82, 2.24) is 4.98 Å². The summed E-state index contributed by atoms with van der Waals surface area (Å²) in [5, 5.41) is 3.36. The van der Waals surface area contributed by atoms with Crippen LogP contribution >= 0.6 is 0 Å². The van der Waals surface area contributed by atoms with Gasteiger partial charge in [0.2, 0.25) is 0 Å². The molecular weight excluding hydrogens is 340 g/mol. The number of aldehydes is 1. The van der Waals surface area contributed by atoms with E-state index in [0.717, 1.165) is 46.5 Å². The Balaban J connectivity index is 1.81. The third-order valence-electron chi connectivity index (χ3n) is 4.26. The van der Waals surface area contributed by atoms with Gasteiger partial charge in [-0.3, -0.25) is 4.79 Å². The number of hydrogen-bond acceptors (Lipinski definition) is 6. The van der Waals surface area contributed by atoms with Crippen LogP contribution in [0.15, 0.2) is 53.9 Å². The molecule has 2 aromatic rings. The van der Waals surface area contributed by atoms with E-state index in [-0.39, 0.29) is 5.82 Å². The van der Waals surface area contributed by atoms with E-state index in [4.69, 9.17) is 10.5 Å². The molecule has 2 heterocycles. The fourth-order valence-corrected chi connectivity index (χ4v) is 2.92. The Bertz CT molecular complexity index is 932. The summed E-state index contributed by atoms with van der Waals surface area (Å²) in [6.07, 6.45) is 6.92. The standard InChI is InChI=1S/C21H22N4O2/c1-14(6-8-23-15(2)22)19-12-25-21(18-7-9-27-20(18)19)24-11-16-4-3-5-17(10-16)13-26/h3-6,8,10,12-13H,2,7,9,11,22H2,1H3,(H,24,25)/b14-6+,23-8?. The van der Waals surface area contributed by atoms with Crippen molar-refractivity contribution < 1.29 is 9.53 Å². The molecule has 1 aromatic heterocycles. The smallest absolute Gasteiger partial charge is 0.150 e. The minimum atomic E-state index is 0.261. The molecule has 0 unspecified atom stereocenters. The molecule has 138 valence electrons. The highest BCUT2D eigenvalue weighted by molar-refractivity contribution is 5.86. The van der Waals surface area contributed by atoms with Gasteiger partial charge >= 0.3 is 0 Å². The number of ether oxygens (including phenoxy) is 1. The minimum absolute atomic E-state index is 0.261. The van der Waals surface area contributed by atoms with Gasteiger partial charge in [-0.2, -0.15) is 0 Å². The van der Waals surface area contributed by atoms with Crippen molar-refractivity contribution in [3.63, 3.8) is 0 Å². The maximum atomic E-state index is 10.9. The van der Waals surface area contributed by atoms with E-state index in [9.17, 15) is 4.79 Å². The predicted octanol–water partition coefficient (Wildman–Crippen LogP) is 3.35. The zero-order valence-corrected chi connectivity index (χ0v) is 15.2. The van der Waals surface area contributed by atoms with Gasteiger partial charge in [-0.1, -0.05) is 24.8 Å². The number of nitrogens with two attached hydrogens (primary N) is 1. The summed E-state index contributed by atoms with van der Waals surface area (Å²) < 4.78 is 5.85. The lowest BCUT2D eigenvalue weighted by Gasteiger charge is -2.13. The molecule has 0 aliphatic carbocycles. The van der Waals surface area contributed by atoms with Crippen LogP contribution in [0, 0.1) is 0 Å². The van der Waals surface area contributed by atoms with Crippen molar-refractivity contribution in [3.05, 3.63) is 71.2 Å². The summed E-state index contributed by atoms with van der Waals surface area (Å²) in [4.78, 5) is 19.5. The van der Waals surface area contributed by atoms with Gasteiger partial charge in [-0.05, 0) is 30.2 Å². The number of hydrogen-bond donors (Lipinski definition) is 2. The first-order valence-corrected chi connectivity index (χ1v) is 8.67. The zero-order chi connectivity index (χ0) is 19.2. The van der Waals surface area contributed by atoms with E-state index in [1.807, 2.05) is 31.2 Å². The Hall–Kier alpha value is -3.41. The van der Waals surface area contributed by atoms with Gasteiger partial charge < -0.3 is 15.8 Å². The number of carbonyl (C=O) groups is 1. The SMILES string of the molecule is C=C(N)N=C/C=C(\C)c1cnc(NCc2cccc(C=O)c2)c2c1OCC2. The number of pyridine rings is 1. The molecule has 1 aromatic carbocycles. The quantitative estimate of drug-likeness (QED) is 0.582. The third-order valence-corrected chi connectivity index (χ3v) is 4.26. The Morgan fingerprint density at radius 3 is 3.11 bits per heavy atom. The highest BCUT2D eigenvalue weighted by Crippen LogP contribution is 2.37. The van der Waals surface area contributed by atoms with E-state index in [0.29, 0.717) is 18.7 Å². The number of fused-ring (bicyclic) bond motifs is 1. The Morgan fingerprint density at radius 1 is 1.48 bits per heavy atom. The second-order valence-electron chi connectivity index (χ2n) is 6.26. The molecule has 3 N–H and O–H groups in total. The van der Waals surface area contributed by atoms with Crippen LogP contribution in [0.3, 0.4) is 0 Å². The molecule has 0 bridgehead atoms. The van der Waals surface area contributed by atoms with Gasteiger partial charge in [-0.15, -0.1) is 0 Å². The summed E-state index contributed by atoms with van der Waals surface area (Å²) in [5.41, 5.74) is 10.1. The fourth-order valence-electron chi connectivity index (χ4n) is 2.92. The predicted molar refractivity (Wildman–Crippen MR) is 108 cm³/mol. The topological polar surface area (TPSA) is 89.6 Å². The molecule has 0 atom stereocenters. The van der Waals surface area contributed by atoms with Gasteiger partial charge in [0, 0.05) is 42.1 Å². The molecule has 0 radical (unpaired) electrons. The summed E-state index contributed by atoms with van der Waals surface area (Å²) in [6, 6.07) is 7.50. The Morgan fingerprint density at radius 2 is 2.33 bits per heavy atom. The lowest BCUT2D eigenvalue weighted by molar-refractivity contribution is 0.112.